The van der Waals surface area contributed by atoms with Crippen LogP contribution in [0.15, 0.2) is 59.7 Å². The Balaban J connectivity index is 2.01. The molecule has 3 rings (SSSR count). The molecule has 0 bridgehead atoms. The first-order valence-corrected chi connectivity index (χ1v) is 8.08. The smallest absolute Gasteiger partial charge is 0.253 e. The normalized spacial score (nSPS) is 11.7. The fourth-order valence-corrected chi connectivity index (χ4v) is 2.56. The minimum atomic E-state index is -1.28. The van der Waals surface area contributed by atoms with Crippen LogP contribution >= 0.6 is 0 Å². The van der Waals surface area contributed by atoms with Gasteiger partial charge in [0.1, 0.15) is 29.1 Å². The largest absolute Gasteiger partial charge is 0.463 e. The molecule has 0 fully saturated rings. The zero-order chi connectivity index (χ0) is 20.1. The first-order valence-electron chi connectivity index (χ1n) is 8.08. The molecular formula is C19H14F3N3O3. The van der Waals surface area contributed by atoms with Crippen LogP contribution in [0, 0.1) is 11.6 Å². The van der Waals surface area contributed by atoms with Crippen LogP contribution in [0.5, 0.6) is 5.75 Å². The highest BCUT2D eigenvalue weighted by molar-refractivity contribution is 5.94. The lowest BCUT2D eigenvalue weighted by Gasteiger charge is -2.20. The van der Waals surface area contributed by atoms with Crippen molar-refractivity contribution in [3.8, 4) is 5.75 Å². The number of amides is 1. The van der Waals surface area contributed by atoms with Crippen molar-refractivity contribution >= 4 is 5.91 Å². The Hall–Kier alpha value is -3.62. The number of nitrogens with zero attached hydrogens (tertiary/aromatic N) is 1. The molecule has 0 unspecified atom stereocenters. The molecule has 144 valence electrons. The van der Waals surface area contributed by atoms with Crippen LogP contribution in [0.4, 0.5) is 13.2 Å². The van der Waals surface area contributed by atoms with Crippen molar-refractivity contribution in [2.24, 2.45) is 0 Å². The maximum atomic E-state index is 14.6. The van der Waals surface area contributed by atoms with Crippen molar-refractivity contribution in [2.45, 2.75) is 6.04 Å². The average molecular weight is 389 g/mol. The quantitative estimate of drug-likeness (QED) is 0.679. The number of hydrogen-bond donors (Lipinski definition) is 2. The Labute approximate surface area is 157 Å². The molecule has 6 nitrogen and oxygen atoms in total. The summed E-state index contributed by atoms with van der Waals surface area (Å²) < 4.78 is 45.8. The number of aromatic nitrogens is 2. The summed E-state index contributed by atoms with van der Waals surface area (Å²) in [7, 11) is 0. The van der Waals surface area contributed by atoms with Gasteiger partial charge in [-0.2, -0.15) is 0 Å². The molecule has 0 aliphatic carbocycles. The number of alkyl halides is 1. The van der Waals surface area contributed by atoms with E-state index in [1.54, 1.807) is 0 Å². The number of rotatable bonds is 6. The number of carbonyl (C=O) groups excluding carboxylic acids is 1. The van der Waals surface area contributed by atoms with Gasteiger partial charge in [-0.15, -0.1) is 0 Å². The highest BCUT2D eigenvalue weighted by Gasteiger charge is 2.25. The van der Waals surface area contributed by atoms with E-state index in [1.165, 1.54) is 36.7 Å². The summed E-state index contributed by atoms with van der Waals surface area (Å²) in [5, 5.41) is 2.50. The summed E-state index contributed by atoms with van der Waals surface area (Å²) in [6.45, 7) is -1.14. The van der Waals surface area contributed by atoms with Crippen molar-refractivity contribution < 1.29 is 22.7 Å². The molecule has 3 aromatic rings. The third-order valence-corrected chi connectivity index (χ3v) is 3.89. The molecule has 1 amide bonds. The Morgan fingerprint density at radius 1 is 1.18 bits per heavy atom. The monoisotopic (exact) mass is 389 g/mol. The van der Waals surface area contributed by atoms with Gasteiger partial charge in [-0.1, -0.05) is 0 Å². The van der Waals surface area contributed by atoms with Gasteiger partial charge in [-0.3, -0.25) is 14.6 Å². The first-order chi connectivity index (χ1) is 13.5. The zero-order valence-corrected chi connectivity index (χ0v) is 14.3. The molecule has 0 saturated heterocycles. The van der Waals surface area contributed by atoms with Crippen LogP contribution in [0.3, 0.4) is 0 Å². The number of hydrogen-bond acceptors (Lipinski definition) is 4. The predicted octanol–water partition coefficient (Wildman–Crippen LogP) is 2.87. The first kappa shape index (κ1) is 19.2. The lowest BCUT2D eigenvalue weighted by Crippen LogP contribution is -2.31. The standard InChI is InChI=1S/C19H14F3N3O3/c20-10-28-12-4-5-13(15(22)8-12)17(18-14(21)2-1-7-23-18)25-19(27)11-3-6-16(26)24-9-11/h1-9,17H,10H2,(H,24,26)(H,25,27)/t17-/m0/s1. The molecule has 2 aromatic heterocycles. The summed E-state index contributed by atoms with van der Waals surface area (Å²) in [5.41, 5.74) is -0.628. The van der Waals surface area contributed by atoms with E-state index in [4.69, 9.17) is 0 Å². The fraction of sp³-hybridized carbons (Fsp3) is 0.105. The number of H-pyrrole nitrogens is 1. The average Bonchev–Trinajstić information content (AvgIpc) is 2.68. The van der Waals surface area contributed by atoms with E-state index in [1.807, 2.05) is 0 Å². The van der Waals surface area contributed by atoms with E-state index in [0.717, 1.165) is 18.2 Å². The Kier molecular flexibility index (Phi) is 5.73. The minimum Gasteiger partial charge on any atom is -0.463 e. The van der Waals surface area contributed by atoms with Crippen molar-refractivity contribution in [2.75, 3.05) is 6.86 Å². The molecule has 9 heteroatoms. The van der Waals surface area contributed by atoms with Gasteiger partial charge in [0, 0.05) is 30.1 Å². The summed E-state index contributed by atoms with van der Waals surface area (Å²) >= 11 is 0. The summed E-state index contributed by atoms with van der Waals surface area (Å²) in [6, 6.07) is 7.08. The Morgan fingerprint density at radius 3 is 2.64 bits per heavy atom. The van der Waals surface area contributed by atoms with Crippen LogP contribution < -0.4 is 15.6 Å². The fourth-order valence-electron chi connectivity index (χ4n) is 2.56. The van der Waals surface area contributed by atoms with Gasteiger partial charge in [-0.05, 0) is 30.3 Å². The van der Waals surface area contributed by atoms with Gasteiger partial charge >= 0.3 is 0 Å². The molecular weight excluding hydrogens is 375 g/mol. The molecule has 2 heterocycles. The predicted molar refractivity (Wildman–Crippen MR) is 93.6 cm³/mol. The van der Waals surface area contributed by atoms with E-state index in [2.05, 4.69) is 20.0 Å². The number of halogens is 3. The molecule has 0 saturated carbocycles. The lowest BCUT2D eigenvalue weighted by molar-refractivity contribution is 0.0941. The van der Waals surface area contributed by atoms with E-state index >= 15 is 0 Å². The van der Waals surface area contributed by atoms with Gasteiger partial charge in [0.25, 0.3) is 5.91 Å². The van der Waals surface area contributed by atoms with Crippen LogP contribution in [0.25, 0.3) is 0 Å². The highest BCUT2D eigenvalue weighted by atomic mass is 19.1. The molecule has 2 N–H and O–H groups in total. The highest BCUT2D eigenvalue weighted by Crippen LogP contribution is 2.28. The van der Waals surface area contributed by atoms with E-state index in [0.29, 0.717) is 0 Å². The topological polar surface area (TPSA) is 84.1 Å². The maximum absolute atomic E-state index is 14.6. The number of carbonyl (C=O) groups is 1. The van der Waals surface area contributed by atoms with Crippen LogP contribution in [-0.2, 0) is 0 Å². The van der Waals surface area contributed by atoms with E-state index < -0.39 is 36.0 Å². The summed E-state index contributed by atoms with van der Waals surface area (Å²) in [4.78, 5) is 29.9. The van der Waals surface area contributed by atoms with Crippen LogP contribution in [0.1, 0.15) is 27.7 Å². The van der Waals surface area contributed by atoms with E-state index in [-0.39, 0.29) is 22.6 Å². The SMILES string of the molecule is O=C(N[C@@H](c1ccc(OCF)cc1F)c1ncccc1F)c1ccc(=O)[nH]c1. The van der Waals surface area contributed by atoms with Gasteiger partial charge in [0.05, 0.1) is 5.56 Å². The number of pyridine rings is 2. The van der Waals surface area contributed by atoms with Gasteiger partial charge in [-0.25, -0.2) is 13.2 Å². The molecule has 0 aliphatic heterocycles. The second-order valence-electron chi connectivity index (χ2n) is 5.66. The van der Waals surface area contributed by atoms with Crippen LogP contribution in [-0.4, -0.2) is 22.7 Å². The maximum Gasteiger partial charge on any atom is 0.253 e. The molecule has 1 atom stereocenters. The number of aromatic amines is 1. The van der Waals surface area contributed by atoms with Crippen molar-refractivity contribution in [3.05, 3.63) is 93.7 Å². The van der Waals surface area contributed by atoms with E-state index in [9.17, 15) is 22.8 Å². The van der Waals surface area contributed by atoms with Gasteiger partial charge < -0.3 is 15.0 Å². The number of ether oxygens (including phenoxy) is 1. The second kappa shape index (κ2) is 8.38. The second-order valence-corrected chi connectivity index (χ2v) is 5.66. The molecule has 0 aliphatic rings. The Bertz CT molecular complexity index is 1040. The molecule has 1 aromatic carbocycles. The lowest BCUT2D eigenvalue weighted by atomic mass is 10.0. The van der Waals surface area contributed by atoms with Crippen molar-refractivity contribution in [1.82, 2.24) is 15.3 Å². The van der Waals surface area contributed by atoms with Gasteiger partial charge in [0.2, 0.25) is 12.4 Å². The van der Waals surface area contributed by atoms with Gasteiger partial charge in [0.15, 0.2) is 0 Å². The van der Waals surface area contributed by atoms with Crippen molar-refractivity contribution in [3.63, 3.8) is 0 Å². The summed E-state index contributed by atoms with van der Waals surface area (Å²) in [5.74, 6) is -2.34. The molecule has 0 spiro atoms. The third-order valence-electron chi connectivity index (χ3n) is 3.89. The van der Waals surface area contributed by atoms with Crippen molar-refractivity contribution in [1.29, 1.82) is 0 Å². The molecule has 0 radical (unpaired) electrons. The molecule has 28 heavy (non-hydrogen) atoms. The zero-order valence-electron chi connectivity index (χ0n) is 14.3. The number of benzene rings is 1. The minimum absolute atomic E-state index is 0.0593. The van der Waals surface area contributed by atoms with Crippen LogP contribution in [0.2, 0.25) is 0 Å². The Morgan fingerprint density at radius 2 is 2.00 bits per heavy atom. The number of nitrogens with one attached hydrogen (secondary N) is 2. The third kappa shape index (κ3) is 4.20. The summed E-state index contributed by atoms with van der Waals surface area (Å²) in [6.07, 6.45) is 2.48.